The molecule has 5 nitrogen and oxygen atoms in total. The standard InChI is InChI=1S/C18H16N2O3S/c21-17-14(5-6-15(19-17)16-2-1-8-23-16)18(22)20(13-3-4-13)10-12-7-9-24-11-12/h1-2,5-9,11,13H,3-4,10H2,(H,19,21). The number of hydrogen-bond acceptors (Lipinski definition) is 4. The van der Waals surface area contributed by atoms with E-state index >= 15 is 0 Å². The number of carbonyl (C=O) groups is 1. The fourth-order valence-corrected chi connectivity index (χ4v) is 3.36. The molecule has 0 unspecified atom stereocenters. The molecule has 3 heterocycles. The number of aromatic nitrogens is 1. The number of amides is 1. The summed E-state index contributed by atoms with van der Waals surface area (Å²) in [4.78, 5) is 29.8. The Morgan fingerprint density at radius 3 is 2.79 bits per heavy atom. The largest absolute Gasteiger partial charge is 0.463 e. The zero-order valence-corrected chi connectivity index (χ0v) is 13.7. The first-order chi connectivity index (χ1) is 11.7. The summed E-state index contributed by atoms with van der Waals surface area (Å²) in [6.07, 6.45) is 3.54. The average Bonchev–Trinajstić information content (AvgIpc) is 3.07. The van der Waals surface area contributed by atoms with Crippen LogP contribution in [0.5, 0.6) is 0 Å². The first-order valence-corrected chi connectivity index (χ1v) is 8.76. The van der Waals surface area contributed by atoms with E-state index in [1.54, 1.807) is 46.8 Å². The normalized spacial score (nSPS) is 13.8. The number of nitrogens with zero attached hydrogens (tertiary/aromatic N) is 1. The van der Waals surface area contributed by atoms with Crippen molar-refractivity contribution in [1.82, 2.24) is 9.88 Å². The molecule has 122 valence electrons. The number of furan rings is 1. The number of aromatic amines is 1. The van der Waals surface area contributed by atoms with Crippen LogP contribution in [0, 0.1) is 0 Å². The molecule has 0 bridgehead atoms. The van der Waals surface area contributed by atoms with Gasteiger partial charge in [-0.2, -0.15) is 11.3 Å². The third-order valence-corrected chi connectivity index (χ3v) is 4.84. The van der Waals surface area contributed by atoms with Crippen LogP contribution in [0.4, 0.5) is 0 Å². The van der Waals surface area contributed by atoms with Gasteiger partial charge in [-0.25, -0.2) is 0 Å². The van der Waals surface area contributed by atoms with Crippen molar-refractivity contribution in [2.45, 2.75) is 25.4 Å². The molecule has 1 N–H and O–H groups in total. The molecule has 4 rings (SSSR count). The second kappa shape index (κ2) is 6.13. The maximum atomic E-state index is 12.9. The molecule has 3 aromatic heterocycles. The van der Waals surface area contributed by atoms with Crippen molar-refractivity contribution in [3.05, 3.63) is 68.8 Å². The minimum atomic E-state index is -0.384. The second-order valence-electron chi connectivity index (χ2n) is 5.89. The lowest BCUT2D eigenvalue weighted by molar-refractivity contribution is 0.0728. The molecule has 1 aliphatic rings. The Hall–Kier alpha value is -2.60. The lowest BCUT2D eigenvalue weighted by Crippen LogP contribution is -2.36. The molecule has 0 atom stereocenters. The summed E-state index contributed by atoms with van der Waals surface area (Å²) in [6, 6.07) is 9.06. The summed E-state index contributed by atoms with van der Waals surface area (Å²) >= 11 is 1.61. The summed E-state index contributed by atoms with van der Waals surface area (Å²) in [5, 5.41) is 4.03. The monoisotopic (exact) mass is 340 g/mol. The Labute approximate surface area is 142 Å². The van der Waals surface area contributed by atoms with E-state index < -0.39 is 0 Å². The van der Waals surface area contributed by atoms with Crippen molar-refractivity contribution < 1.29 is 9.21 Å². The van der Waals surface area contributed by atoms with Crippen LogP contribution in [0.1, 0.15) is 28.8 Å². The van der Waals surface area contributed by atoms with E-state index in [2.05, 4.69) is 4.98 Å². The molecular formula is C18H16N2O3S. The highest BCUT2D eigenvalue weighted by Crippen LogP contribution is 2.30. The van der Waals surface area contributed by atoms with E-state index in [0.29, 0.717) is 18.0 Å². The second-order valence-corrected chi connectivity index (χ2v) is 6.67. The predicted molar refractivity (Wildman–Crippen MR) is 92.0 cm³/mol. The zero-order chi connectivity index (χ0) is 16.5. The van der Waals surface area contributed by atoms with Gasteiger partial charge in [-0.05, 0) is 59.5 Å². The molecule has 6 heteroatoms. The Morgan fingerprint density at radius 2 is 2.17 bits per heavy atom. The fourth-order valence-electron chi connectivity index (χ4n) is 2.70. The fraction of sp³-hybridized carbons (Fsp3) is 0.222. The van der Waals surface area contributed by atoms with Crippen molar-refractivity contribution in [3.63, 3.8) is 0 Å². The molecule has 0 aliphatic heterocycles. The van der Waals surface area contributed by atoms with Gasteiger partial charge >= 0.3 is 0 Å². The highest BCUT2D eigenvalue weighted by Gasteiger charge is 2.34. The van der Waals surface area contributed by atoms with Crippen molar-refractivity contribution in [2.75, 3.05) is 0 Å². The summed E-state index contributed by atoms with van der Waals surface area (Å²) in [7, 11) is 0. The van der Waals surface area contributed by atoms with Gasteiger partial charge in [-0.15, -0.1) is 0 Å². The van der Waals surface area contributed by atoms with Crippen molar-refractivity contribution >= 4 is 17.2 Å². The van der Waals surface area contributed by atoms with Crippen LogP contribution in [-0.2, 0) is 6.54 Å². The van der Waals surface area contributed by atoms with E-state index in [0.717, 1.165) is 18.4 Å². The number of H-pyrrole nitrogens is 1. The van der Waals surface area contributed by atoms with Gasteiger partial charge < -0.3 is 14.3 Å². The van der Waals surface area contributed by atoms with Crippen LogP contribution in [0.25, 0.3) is 11.5 Å². The van der Waals surface area contributed by atoms with Gasteiger partial charge in [0.05, 0.1) is 12.0 Å². The van der Waals surface area contributed by atoms with Crippen LogP contribution in [0.2, 0.25) is 0 Å². The van der Waals surface area contributed by atoms with Gasteiger partial charge in [0.15, 0.2) is 0 Å². The Kier molecular flexibility index (Phi) is 3.82. The summed E-state index contributed by atoms with van der Waals surface area (Å²) in [6.45, 7) is 0.548. The van der Waals surface area contributed by atoms with Gasteiger partial charge in [0.2, 0.25) is 0 Å². The number of pyridine rings is 1. The Morgan fingerprint density at radius 1 is 1.29 bits per heavy atom. The maximum absolute atomic E-state index is 12.9. The van der Waals surface area contributed by atoms with Crippen LogP contribution >= 0.6 is 11.3 Å². The molecule has 1 aliphatic carbocycles. The summed E-state index contributed by atoms with van der Waals surface area (Å²) in [5.74, 6) is 0.361. The molecule has 0 aromatic carbocycles. The summed E-state index contributed by atoms with van der Waals surface area (Å²) in [5.41, 5.74) is 1.46. The molecular weight excluding hydrogens is 324 g/mol. The van der Waals surface area contributed by atoms with Crippen molar-refractivity contribution in [2.24, 2.45) is 0 Å². The van der Waals surface area contributed by atoms with E-state index in [1.165, 1.54) is 0 Å². The quantitative estimate of drug-likeness (QED) is 0.773. The minimum absolute atomic E-state index is 0.174. The van der Waals surface area contributed by atoms with E-state index in [9.17, 15) is 9.59 Å². The number of hydrogen-bond donors (Lipinski definition) is 1. The number of rotatable bonds is 5. The van der Waals surface area contributed by atoms with Crippen LogP contribution in [-0.4, -0.2) is 21.8 Å². The topological polar surface area (TPSA) is 66.3 Å². The molecule has 0 spiro atoms. The highest BCUT2D eigenvalue weighted by molar-refractivity contribution is 7.07. The predicted octanol–water partition coefficient (Wildman–Crippen LogP) is 3.50. The Bertz CT molecular complexity index is 893. The summed E-state index contributed by atoms with van der Waals surface area (Å²) < 4.78 is 5.28. The first kappa shape index (κ1) is 15.0. The number of nitrogens with one attached hydrogen (secondary N) is 1. The van der Waals surface area contributed by atoms with Gasteiger partial charge in [0.1, 0.15) is 11.3 Å². The minimum Gasteiger partial charge on any atom is -0.463 e. The van der Waals surface area contributed by atoms with Crippen LogP contribution < -0.4 is 5.56 Å². The molecule has 1 fully saturated rings. The van der Waals surface area contributed by atoms with Gasteiger partial charge in [-0.3, -0.25) is 9.59 Å². The third kappa shape index (κ3) is 2.92. The molecule has 24 heavy (non-hydrogen) atoms. The lowest BCUT2D eigenvalue weighted by Gasteiger charge is -2.21. The SMILES string of the molecule is O=C(c1ccc(-c2ccco2)[nH]c1=O)N(Cc1ccsc1)C1CC1. The van der Waals surface area contributed by atoms with Crippen LogP contribution in [0.15, 0.2) is 56.6 Å². The van der Waals surface area contributed by atoms with Crippen molar-refractivity contribution in [3.8, 4) is 11.5 Å². The molecule has 1 saturated carbocycles. The molecule has 1 amide bonds. The maximum Gasteiger partial charge on any atom is 0.261 e. The van der Waals surface area contributed by atoms with E-state index in [4.69, 9.17) is 4.42 Å². The van der Waals surface area contributed by atoms with Crippen molar-refractivity contribution in [1.29, 1.82) is 0 Å². The number of carbonyl (C=O) groups excluding carboxylic acids is 1. The molecule has 3 aromatic rings. The van der Waals surface area contributed by atoms with E-state index in [1.807, 2.05) is 16.8 Å². The lowest BCUT2D eigenvalue weighted by atomic mass is 10.2. The van der Waals surface area contributed by atoms with Gasteiger partial charge in [0, 0.05) is 12.6 Å². The van der Waals surface area contributed by atoms with Crippen LogP contribution in [0.3, 0.4) is 0 Å². The number of thiophene rings is 1. The zero-order valence-electron chi connectivity index (χ0n) is 12.9. The van der Waals surface area contributed by atoms with Gasteiger partial charge in [0.25, 0.3) is 11.5 Å². The first-order valence-electron chi connectivity index (χ1n) is 7.81. The van der Waals surface area contributed by atoms with E-state index in [-0.39, 0.29) is 23.1 Å². The highest BCUT2D eigenvalue weighted by atomic mass is 32.1. The average molecular weight is 340 g/mol. The molecule has 0 saturated heterocycles. The molecule has 0 radical (unpaired) electrons. The third-order valence-electron chi connectivity index (χ3n) is 4.11. The van der Waals surface area contributed by atoms with Gasteiger partial charge in [-0.1, -0.05) is 0 Å². The Balaban J connectivity index is 1.62. The smallest absolute Gasteiger partial charge is 0.261 e.